The van der Waals surface area contributed by atoms with E-state index in [4.69, 9.17) is 10.5 Å². The fourth-order valence-electron chi connectivity index (χ4n) is 1.62. The molecule has 17 heavy (non-hydrogen) atoms. The SMILES string of the molecule is CCOC(=O)Cn1c(N)nc2ccc(F)cc21. The molecule has 0 spiro atoms. The molecule has 6 heteroatoms. The maximum Gasteiger partial charge on any atom is 0.326 e. The number of hydrogen-bond donors (Lipinski definition) is 1. The van der Waals surface area contributed by atoms with E-state index in [9.17, 15) is 9.18 Å². The zero-order valence-corrected chi connectivity index (χ0v) is 9.31. The van der Waals surface area contributed by atoms with Gasteiger partial charge in [-0.3, -0.25) is 9.36 Å². The third-order valence-electron chi connectivity index (χ3n) is 2.33. The van der Waals surface area contributed by atoms with Crippen LogP contribution in [-0.4, -0.2) is 22.1 Å². The smallest absolute Gasteiger partial charge is 0.326 e. The normalized spacial score (nSPS) is 10.7. The lowest BCUT2D eigenvalue weighted by Gasteiger charge is -2.05. The van der Waals surface area contributed by atoms with Gasteiger partial charge in [-0.05, 0) is 25.1 Å². The topological polar surface area (TPSA) is 70.1 Å². The number of esters is 1. The van der Waals surface area contributed by atoms with E-state index < -0.39 is 11.8 Å². The van der Waals surface area contributed by atoms with Gasteiger partial charge in [-0.2, -0.15) is 0 Å². The van der Waals surface area contributed by atoms with Crippen LogP contribution in [0.1, 0.15) is 6.92 Å². The van der Waals surface area contributed by atoms with Crippen LogP contribution in [0.4, 0.5) is 10.3 Å². The predicted molar refractivity (Wildman–Crippen MR) is 60.7 cm³/mol. The number of ether oxygens (including phenoxy) is 1. The summed E-state index contributed by atoms with van der Waals surface area (Å²) in [5.74, 6) is -0.663. The minimum absolute atomic E-state index is 0.0698. The number of anilines is 1. The van der Waals surface area contributed by atoms with Gasteiger partial charge < -0.3 is 10.5 Å². The van der Waals surface area contributed by atoms with Gasteiger partial charge in [-0.25, -0.2) is 9.37 Å². The minimum Gasteiger partial charge on any atom is -0.465 e. The highest BCUT2D eigenvalue weighted by Crippen LogP contribution is 2.18. The molecule has 0 bridgehead atoms. The van der Waals surface area contributed by atoms with E-state index in [1.165, 1.54) is 22.8 Å². The van der Waals surface area contributed by atoms with Crippen LogP contribution in [0.15, 0.2) is 18.2 Å². The first-order valence-electron chi connectivity index (χ1n) is 5.18. The molecular formula is C11H12FN3O2. The van der Waals surface area contributed by atoms with Gasteiger partial charge in [0.1, 0.15) is 12.4 Å². The van der Waals surface area contributed by atoms with Crippen molar-refractivity contribution in [3.63, 3.8) is 0 Å². The number of carbonyl (C=O) groups is 1. The van der Waals surface area contributed by atoms with E-state index in [2.05, 4.69) is 4.98 Å². The van der Waals surface area contributed by atoms with Gasteiger partial charge >= 0.3 is 5.97 Å². The Hall–Kier alpha value is -2.11. The molecule has 0 amide bonds. The fourth-order valence-corrected chi connectivity index (χ4v) is 1.62. The van der Waals surface area contributed by atoms with E-state index >= 15 is 0 Å². The Labute approximate surface area is 97.0 Å². The molecule has 0 radical (unpaired) electrons. The Morgan fingerprint density at radius 3 is 3.06 bits per heavy atom. The number of nitrogen functional groups attached to an aromatic ring is 1. The Kier molecular flexibility index (Phi) is 2.95. The molecule has 0 unspecified atom stereocenters. The van der Waals surface area contributed by atoms with Crippen LogP contribution in [0.3, 0.4) is 0 Å². The lowest BCUT2D eigenvalue weighted by atomic mass is 10.3. The van der Waals surface area contributed by atoms with Gasteiger partial charge in [-0.15, -0.1) is 0 Å². The molecule has 5 nitrogen and oxygen atoms in total. The largest absolute Gasteiger partial charge is 0.465 e. The summed E-state index contributed by atoms with van der Waals surface area (Å²) in [5, 5.41) is 0. The second kappa shape index (κ2) is 4.40. The monoisotopic (exact) mass is 237 g/mol. The Morgan fingerprint density at radius 1 is 1.59 bits per heavy atom. The number of fused-ring (bicyclic) bond motifs is 1. The third kappa shape index (κ3) is 2.20. The van der Waals surface area contributed by atoms with Gasteiger partial charge in [0.05, 0.1) is 17.6 Å². The standard InChI is InChI=1S/C11H12FN3O2/c1-2-17-10(16)6-15-9-5-7(12)3-4-8(9)14-11(15)13/h3-5H,2,6H2,1H3,(H2,13,14). The maximum atomic E-state index is 13.1. The number of nitrogens with zero attached hydrogens (tertiary/aromatic N) is 2. The molecule has 0 aliphatic carbocycles. The second-order valence-corrected chi connectivity index (χ2v) is 3.49. The number of nitrogens with two attached hydrogens (primary N) is 1. The highest BCUT2D eigenvalue weighted by atomic mass is 19.1. The Bertz CT molecular complexity index is 565. The van der Waals surface area contributed by atoms with Crippen LogP contribution >= 0.6 is 0 Å². The highest BCUT2D eigenvalue weighted by molar-refractivity contribution is 5.81. The Morgan fingerprint density at radius 2 is 2.35 bits per heavy atom. The molecule has 1 aromatic carbocycles. The summed E-state index contributed by atoms with van der Waals surface area (Å²) in [7, 11) is 0. The zero-order valence-electron chi connectivity index (χ0n) is 9.31. The number of carbonyl (C=O) groups excluding carboxylic acids is 1. The van der Waals surface area contributed by atoms with Crippen LogP contribution in [0.2, 0.25) is 0 Å². The maximum absolute atomic E-state index is 13.1. The van der Waals surface area contributed by atoms with Gasteiger partial charge in [0.25, 0.3) is 0 Å². The van der Waals surface area contributed by atoms with Gasteiger partial charge in [0, 0.05) is 0 Å². The number of benzene rings is 1. The fraction of sp³-hybridized carbons (Fsp3) is 0.273. The first kappa shape index (κ1) is 11.4. The van der Waals surface area contributed by atoms with E-state index in [1.807, 2.05) is 0 Å². The molecule has 2 aromatic rings. The van der Waals surface area contributed by atoms with Crippen LogP contribution in [-0.2, 0) is 16.1 Å². The van der Waals surface area contributed by atoms with Crippen LogP contribution < -0.4 is 5.73 Å². The number of rotatable bonds is 3. The molecule has 0 aliphatic rings. The van der Waals surface area contributed by atoms with E-state index in [-0.39, 0.29) is 12.5 Å². The van der Waals surface area contributed by atoms with E-state index in [0.717, 1.165) is 0 Å². The molecule has 1 aromatic heterocycles. The highest BCUT2D eigenvalue weighted by Gasteiger charge is 2.12. The first-order chi connectivity index (χ1) is 8.11. The lowest BCUT2D eigenvalue weighted by molar-refractivity contribution is -0.143. The molecule has 90 valence electrons. The molecule has 0 saturated carbocycles. The van der Waals surface area contributed by atoms with Gasteiger partial charge in [0.15, 0.2) is 0 Å². The molecule has 2 rings (SSSR count). The average Bonchev–Trinajstić information content (AvgIpc) is 2.56. The first-order valence-corrected chi connectivity index (χ1v) is 5.18. The average molecular weight is 237 g/mol. The van der Waals surface area contributed by atoms with Crippen molar-refractivity contribution in [3.8, 4) is 0 Å². The molecule has 0 atom stereocenters. The summed E-state index contributed by atoms with van der Waals surface area (Å²) in [6.07, 6.45) is 0. The zero-order chi connectivity index (χ0) is 12.4. The molecule has 0 fully saturated rings. The van der Waals surface area contributed by atoms with E-state index in [1.54, 1.807) is 6.92 Å². The minimum atomic E-state index is -0.428. The van der Waals surface area contributed by atoms with Crippen molar-refractivity contribution in [2.75, 3.05) is 12.3 Å². The molecule has 2 N–H and O–H groups in total. The van der Waals surface area contributed by atoms with Crippen molar-refractivity contribution >= 4 is 23.0 Å². The number of hydrogen-bond acceptors (Lipinski definition) is 4. The third-order valence-corrected chi connectivity index (χ3v) is 2.33. The van der Waals surface area contributed by atoms with Gasteiger partial charge in [-0.1, -0.05) is 0 Å². The van der Waals surface area contributed by atoms with Crippen molar-refractivity contribution in [1.29, 1.82) is 0 Å². The van der Waals surface area contributed by atoms with Crippen molar-refractivity contribution < 1.29 is 13.9 Å². The molecule has 1 heterocycles. The van der Waals surface area contributed by atoms with Crippen LogP contribution in [0, 0.1) is 5.82 Å². The van der Waals surface area contributed by atoms with Crippen LogP contribution in [0.25, 0.3) is 11.0 Å². The van der Waals surface area contributed by atoms with Crippen molar-refractivity contribution in [2.45, 2.75) is 13.5 Å². The molecular weight excluding hydrogens is 225 g/mol. The van der Waals surface area contributed by atoms with Crippen molar-refractivity contribution in [1.82, 2.24) is 9.55 Å². The summed E-state index contributed by atoms with van der Waals surface area (Å²) in [4.78, 5) is 15.4. The van der Waals surface area contributed by atoms with Gasteiger partial charge in [0.2, 0.25) is 5.95 Å². The Balaban J connectivity index is 2.41. The molecule has 0 saturated heterocycles. The summed E-state index contributed by atoms with van der Waals surface area (Å²) >= 11 is 0. The summed E-state index contributed by atoms with van der Waals surface area (Å²) in [6.45, 7) is 1.94. The second-order valence-electron chi connectivity index (χ2n) is 3.49. The summed E-state index contributed by atoms with van der Waals surface area (Å²) in [6, 6.07) is 4.10. The number of halogens is 1. The summed E-state index contributed by atoms with van der Waals surface area (Å²) < 4.78 is 19.4. The van der Waals surface area contributed by atoms with Crippen LogP contribution in [0.5, 0.6) is 0 Å². The quantitative estimate of drug-likeness (QED) is 0.817. The molecule has 0 aliphatic heterocycles. The number of aromatic nitrogens is 2. The van der Waals surface area contributed by atoms with Crippen molar-refractivity contribution in [2.24, 2.45) is 0 Å². The summed E-state index contributed by atoms with van der Waals surface area (Å²) in [5.41, 5.74) is 6.70. The lowest BCUT2D eigenvalue weighted by Crippen LogP contribution is -2.15. The van der Waals surface area contributed by atoms with Crippen molar-refractivity contribution in [3.05, 3.63) is 24.0 Å². The van der Waals surface area contributed by atoms with E-state index in [0.29, 0.717) is 17.6 Å². The number of imidazole rings is 1. The predicted octanol–water partition coefficient (Wildman–Crippen LogP) is 1.32.